The van der Waals surface area contributed by atoms with Crippen LogP contribution in [0, 0.1) is 5.82 Å². The third-order valence-electron chi connectivity index (χ3n) is 6.36. The normalized spacial score (nSPS) is 15.5. The van der Waals surface area contributed by atoms with Crippen LogP contribution in [0.4, 0.5) is 4.39 Å². The van der Waals surface area contributed by atoms with Gasteiger partial charge in [0.05, 0.1) is 5.69 Å². The van der Waals surface area contributed by atoms with Crippen LogP contribution in [0.5, 0.6) is 0 Å². The molecule has 4 aromatic rings. The van der Waals surface area contributed by atoms with Crippen molar-refractivity contribution in [3.63, 3.8) is 0 Å². The molecule has 2 heterocycles. The summed E-state index contributed by atoms with van der Waals surface area (Å²) in [6.45, 7) is 1.53. The van der Waals surface area contributed by atoms with Gasteiger partial charge in [-0.2, -0.15) is 0 Å². The average Bonchev–Trinajstić information content (AvgIpc) is 3.30. The Labute approximate surface area is 204 Å². The van der Waals surface area contributed by atoms with E-state index in [1.54, 1.807) is 17.0 Å². The molecular weight excluding hydrogens is 441 g/mol. The number of nitrogens with one attached hydrogen (secondary N) is 1. The maximum atomic E-state index is 15.5. The molecule has 1 aromatic heterocycles. The number of rotatable bonds is 6. The van der Waals surface area contributed by atoms with Crippen LogP contribution < -0.4 is 11.1 Å². The highest BCUT2D eigenvalue weighted by molar-refractivity contribution is 6.01. The number of carbonyl (C=O) groups is 1. The minimum Gasteiger partial charge on any atom is -0.326 e. The molecule has 1 aliphatic heterocycles. The highest BCUT2D eigenvalue weighted by Gasteiger charge is 2.34. The zero-order valence-corrected chi connectivity index (χ0v) is 19.8. The highest BCUT2D eigenvalue weighted by atomic mass is 19.1. The number of nitrogens with two attached hydrogens (primary N) is 1. The molecule has 1 aliphatic rings. The number of halogens is 1. The number of fused-ring (bicyclic) bond motifs is 1. The summed E-state index contributed by atoms with van der Waals surface area (Å²) in [6, 6.07) is 20.0. The van der Waals surface area contributed by atoms with E-state index in [1.807, 2.05) is 62.6 Å². The van der Waals surface area contributed by atoms with Gasteiger partial charge in [0.15, 0.2) is 0 Å². The minimum atomic E-state index is -0.790. The van der Waals surface area contributed by atoms with E-state index in [9.17, 15) is 4.79 Å². The van der Waals surface area contributed by atoms with E-state index in [0.717, 1.165) is 34.5 Å². The minimum absolute atomic E-state index is 0.207. The fraction of sp³-hybridized carbons (Fsp3) is 0.214. The van der Waals surface area contributed by atoms with Crippen LogP contribution >= 0.6 is 0 Å². The topological polar surface area (TPSA) is 76.2 Å². The summed E-state index contributed by atoms with van der Waals surface area (Å²) in [5.74, 6) is -0.616. The van der Waals surface area contributed by atoms with E-state index < -0.39 is 11.9 Å². The van der Waals surface area contributed by atoms with Gasteiger partial charge in [0.2, 0.25) is 5.78 Å². The van der Waals surface area contributed by atoms with Gasteiger partial charge in [0.1, 0.15) is 23.9 Å². The van der Waals surface area contributed by atoms with Crippen LogP contribution in [0.1, 0.15) is 38.9 Å². The predicted octanol–water partition coefficient (Wildman–Crippen LogP) is 4.23. The van der Waals surface area contributed by atoms with Gasteiger partial charge in [-0.25, -0.2) is 9.37 Å². The smallest absolute Gasteiger partial charge is 0.203 e. The first-order valence-electron chi connectivity index (χ1n) is 11.6. The first-order valence-corrected chi connectivity index (χ1v) is 11.6. The van der Waals surface area contributed by atoms with Gasteiger partial charge in [-0.1, -0.05) is 48.5 Å². The molecule has 7 heteroatoms. The van der Waals surface area contributed by atoms with Crippen LogP contribution in [0.2, 0.25) is 0 Å². The fourth-order valence-electron chi connectivity index (χ4n) is 4.69. The molecule has 0 aliphatic carbocycles. The molecule has 6 nitrogen and oxygen atoms in total. The molecular formula is C28H28FN5O. The van der Waals surface area contributed by atoms with Gasteiger partial charge < -0.3 is 10.6 Å². The van der Waals surface area contributed by atoms with Crippen molar-refractivity contribution in [3.05, 3.63) is 107 Å². The Hall–Kier alpha value is -3.65. The molecule has 0 radical (unpaired) electrons. The number of aromatic nitrogens is 2. The fourth-order valence-corrected chi connectivity index (χ4v) is 4.69. The SMILES string of the molecule is CN(C)Cc1ccccc1-c1ccc(C2NCc3ncn(-c4cccc(CN)c4)c3C2=O)c(F)c1. The third-order valence-corrected chi connectivity index (χ3v) is 6.36. The molecule has 1 unspecified atom stereocenters. The van der Waals surface area contributed by atoms with Gasteiger partial charge in [-0.15, -0.1) is 0 Å². The van der Waals surface area contributed by atoms with Gasteiger partial charge in [-0.05, 0) is 54.5 Å². The van der Waals surface area contributed by atoms with Crippen LogP contribution in [0.15, 0.2) is 73.1 Å². The maximum Gasteiger partial charge on any atom is 0.203 e. The van der Waals surface area contributed by atoms with Crippen molar-refractivity contribution in [1.29, 1.82) is 0 Å². The van der Waals surface area contributed by atoms with E-state index >= 15 is 4.39 Å². The number of nitrogens with zero attached hydrogens (tertiary/aromatic N) is 3. The Morgan fingerprint density at radius 3 is 2.71 bits per heavy atom. The lowest BCUT2D eigenvalue weighted by atomic mass is 9.92. The number of benzene rings is 3. The zero-order chi connectivity index (χ0) is 24.5. The highest BCUT2D eigenvalue weighted by Crippen LogP contribution is 2.32. The number of hydrogen-bond donors (Lipinski definition) is 2. The molecule has 5 rings (SSSR count). The second kappa shape index (κ2) is 9.54. The molecule has 0 fully saturated rings. The summed E-state index contributed by atoms with van der Waals surface area (Å²) in [4.78, 5) is 20.1. The number of carbonyl (C=O) groups excluding carboxylic acids is 1. The van der Waals surface area contributed by atoms with Crippen LogP contribution in [0.25, 0.3) is 16.8 Å². The largest absolute Gasteiger partial charge is 0.326 e. The molecule has 0 spiro atoms. The van der Waals surface area contributed by atoms with Crippen molar-refractivity contribution in [2.75, 3.05) is 14.1 Å². The van der Waals surface area contributed by atoms with Crippen LogP contribution in [-0.4, -0.2) is 34.3 Å². The van der Waals surface area contributed by atoms with E-state index in [1.165, 1.54) is 6.07 Å². The Morgan fingerprint density at radius 2 is 1.94 bits per heavy atom. The average molecular weight is 470 g/mol. The Morgan fingerprint density at radius 1 is 1.11 bits per heavy atom. The van der Waals surface area contributed by atoms with Crippen molar-refractivity contribution in [2.45, 2.75) is 25.7 Å². The van der Waals surface area contributed by atoms with Gasteiger partial charge in [0, 0.05) is 30.9 Å². The van der Waals surface area contributed by atoms with Crippen molar-refractivity contribution in [1.82, 2.24) is 19.8 Å². The summed E-state index contributed by atoms with van der Waals surface area (Å²) in [6.07, 6.45) is 1.64. The Kier molecular flexibility index (Phi) is 6.30. The van der Waals surface area contributed by atoms with Crippen molar-refractivity contribution in [3.8, 4) is 16.8 Å². The van der Waals surface area contributed by atoms with Crippen molar-refractivity contribution in [2.24, 2.45) is 5.73 Å². The standard InChI is InChI=1S/C28H28FN5O/c1-33(2)16-20-7-3-4-9-22(20)19-10-11-23(24(29)13-19)26-28(35)27-25(15-31-26)32-17-34(27)21-8-5-6-18(12-21)14-30/h3-13,17,26,31H,14-16,30H2,1-2H3. The molecule has 0 saturated heterocycles. The van der Waals surface area contributed by atoms with Gasteiger partial charge in [0.25, 0.3) is 0 Å². The van der Waals surface area contributed by atoms with Gasteiger partial charge >= 0.3 is 0 Å². The molecule has 1 atom stereocenters. The zero-order valence-electron chi connectivity index (χ0n) is 19.8. The van der Waals surface area contributed by atoms with E-state index in [0.29, 0.717) is 30.0 Å². The summed E-state index contributed by atoms with van der Waals surface area (Å²) in [5.41, 5.74) is 11.9. The Balaban J connectivity index is 1.49. The third kappa shape index (κ3) is 4.41. The first kappa shape index (κ1) is 23.1. The van der Waals surface area contributed by atoms with E-state index in [4.69, 9.17) is 5.73 Å². The number of Topliss-reactive ketones (excluding diaryl/α,β-unsaturated/α-hetero) is 1. The van der Waals surface area contributed by atoms with Crippen LogP contribution in [-0.2, 0) is 19.6 Å². The maximum absolute atomic E-state index is 15.5. The molecule has 0 amide bonds. The molecule has 178 valence electrons. The van der Waals surface area contributed by atoms with E-state index in [-0.39, 0.29) is 5.78 Å². The van der Waals surface area contributed by atoms with E-state index in [2.05, 4.69) is 21.3 Å². The summed E-state index contributed by atoms with van der Waals surface area (Å²) in [5, 5.41) is 3.17. The number of hydrogen-bond acceptors (Lipinski definition) is 5. The summed E-state index contributed by atoms with van der Waals surface area (Å²) >= 11 is 0. The lowest BCUT2D eigenvalue weighted by Crippen LogP contribution is -2.36. The number of ketones is 1. The lowest BCUT2D eigenvalue weighted by molar-refractivity contribution is 0.0920. The molecule has 0 saturated carbocycles. The monoisotopic (exact) mass is 469 g/mol. The van der Waals surface area contributed by atoms with Gasteiger partial charge in [-0.3, -0.25) is 14.7 Å². The molecule has 0 bridgehead atoms. The molecule has 3 aromatic carbocycles. The quantitative estimate of drug-likeness (QED) is 0.442. The first-order chi connectivity index (χ1) is 17.0. The predicted molar refractivity (Wildman–Crippen MR) is 135 cm³/mol. The number of imidazole rings is 1. The summed E-state index contributed by atoms with van der Waals surface area (Å²) < 4.78 is 17.2. The second-order valence-corrected chi connectivity index (χ2v) is 9.09. The Bertz CT molecular complexity index is 1390. The molecule has 3 N–H and O–H groups in total. The lowest BCUT2D eigenvalue weighted by Gasteiger charge is -2.24. The van der Waals surface area contributed by atoms with Crippen molar-refractivity contribution < 1.29 is 9.18 Å². The van der Waals surface area contributed by atoms with Crippen molar-refractivity contribution >= 4 is 5.78 Å². The molecule has 35 heavy (non-hydrogen) atoms. The summed E-state index contributed by atoms with van der Waals surface area (Å²) in [7, 11) is 4.01. The van der Waals surface area contributed by atoms with Crippen LogP contribution in [0.3, 0.4) is 0 Å². The second-order valence-electron chi connectivity index (χ2n) is 9.09.